The van der Waals surface area contributed by atoms with Crippen molar-refractivity contribution in [1.82, 2.24) is 0 Å². The second-order valence-electron chi connectivity index (χ2n) is 5.03. The molecule has 0 heterocycles. The minimum absolute atomic E-state index is 0.555. The molecule has 2 aromatic rings. The summed E-state index contributed by atoms with van der Waals surface area (Å²) in [6, 6.07) is 21.8. The molecule has 0 unspecified atom stereocenters. The van der Waals surface area contributed by atoms with Gasteiger partial charge in [0.15, 0.2) is 0 Å². The van der Waals surface area contributed by atoms with E-state index in [0.29, 0.717) is 15.0 Å². The Hall–Kier alpha value is -0.951. The summed E-state index contributed by atoms with van der Waals surface area (Å²) in [5.41, 5.74) is 4.15. The fourth-order valence-corrected chi connectivity index (χ4v) is 6.33. The Morgan fingerprint density at radius 1 is 0.864 bits per heavy atom. The number of thioether (sulfide) groups is 1. The first kappa shape index (κ1) is 17.4. The molecule has 0 fully saturated rings. The van der Waals surface area contributed by atoms with Crippen LogP contribution in [0.3, 0.4) is 0 Å². The van der Waals surface area contributed by atoms with Crippen molar-refractivity contribution in [2.45, 2.75) is 32.0 Å². The molecule has 0 spiro atoms. The van der Waals surface area contributed by atoms with E-state index in [9.17, 15) is 0 Å². The Morgan fingerprint density at radius 3 is 1.86 bits per heavy atom. The van der Waals surface area contributed by atoms with E-state index in [2.05, 4.69) is 86.3 Å². The van der Waals surface area contributed by atoms with E-state index < -0.39 is 0 Å². The van der Waals surface area contributed by atoms with Crippen molar-refractivity contribution in [2.75, 3.05) is 5.75 Å². The molecule has 0 N–H and O–H groups in total. The van der Waals surface area contributed by atoms with Crippen LogP contribution < -0.4 is 0 Å². The predicted molar refractivity (Wildman–Crippen MR) is 103 cm³/mol. The normalized spacial score (nSPS) is 10.5. The third kappa shape index (κ3) is 5.05. The number of hydrogen-bond donors (Lipinski definition) is 0. The number of benzene rings is 2. The zero-order valence-corrected chi connectivity index (χ0v) is 15.9. The molecule has 0 atom stereocenters. The van der Waals surface area contributed by atoms with Gasteiger partial charge in [-0.3, -0.25) is 0 Å². The Balaban J connectivity index is 2.46. The van der Waals surface area contributed by atoms with E-state index >= 15 is 0 Å². The molecule has 0 aliphatic rings. The Kier molecular flexibility index (Phi) is 7.87. The van der Waals surface area contributed by atoms with Crippen LogP contribution in [-0.4, -0.2) is 20.7 Å². The second kappa shape index (κ2) is 9.94. The van der Waals surface area contributed by atoms with Gasteiger partial charge in [-0.25, -0.2) is 0 Å². The van der Waals surface area contributed by atoms with Crippen LogP contribution in [0.5, 0.6) is 0 Å². The summed E-state index contributed by atoms with van der Waals surface area (Å²) >= 11 is 2.63. The summed E-state index contributed by atoms with van der Waals surface area (Å²) in [6.07, 6.45) is 2.57. The molecular weight excluding hydrogens is 351 g/mol. The predicted octanol–water partition coefficient (Wildman–Crippen LogP) is 6.08. The molecule has 0 amide bonds. The van der Waals surface area contributed by atoms with Crippen LogP contribution in [0, 0.1) is 0 Å². The molecule has 2 aromatic carbocycles. The van der Waals surface area contributed by atoms with E-state index in [-0.39, 0.29) is 0 Å². The van der Waals surface area contributed by atoms with Crippen molar-refractivity contribution >= 4 is 32.3 Å². The fourth-order valence-electron chi connectivity index (χ4n) is 2.24. The van der Waals surface area contributed by atoms with Gasteiger partial charge in [0.1, 0.15) is 0 Å². The van der Waals surface area contributed by atoms with E-state index in [4.69, 9.17) is 0 Å². The molecule has 22 heavy (non-hydrogen) atoms. The first-order valence-electron chi connectivity index (χ1n) is 7.97. The molecule has 116 valence electrons. The van der Waals surface area contributed by atoms with Gasteiger partial charge in [0, 0.05) is 0 Å². The second-order valence-corrected chi connectivity index (χ2v) is 9.39. The van der Waals surface area contributed by atoms with Crippen molar-refractivity contribution in [3.8, 4) is 0 Å². The van der Waals surface area contributed by atoms with Gasteiger partial charge in [-0.2, -0.15) is 0 Å². The van der Waals surface area contributed by atoms with Gasteiger partial charge >= 0.3 is 146 Å². The SMILES string of the molecule is CCCCSC([Se]CC)=C(c1ccccc1)c1ccccc1. The molecule has 0 bridgehead atoms. The Bertz CT molecular complexity index is 534. The summed E-state index contributed by atoms with van der Waals surface area (Å²) in [4.78, 5) is 0. The van der Waals surface area contributed by atoms with Crippen LogP contribution in [-0.2, 0) is 0 Å². The van der Waals surface area contributed by atoms with E-state index in [1.807, 2.05) is 0 Å². The van der Waals surface area contributed by atoms with Gasteiger partial charge in [-0.05, 0) is 0 Å². The summed E-state index contributed by atoms with van der Waals surface area (Å²) in [5.74, 6) is 1.23. The molecule has 0 nitrogen and oxygen atoms in total. The maximum absolute atomic E-state index is 2.30. The van der Waals surface area contributed by atoms with Crippen molar-refractivity contribution < 1.29 is 0 Å². The third-order valence-electron chi connectivity index (χ3n) is 3.34. The van der Waals surface area contributed by atoms with Crippen molar-refractivity contribution in [2.24, 2.45) is 0 Å². The number of hydrogen-bond acceptors (Lipinski definition) is 1. The average Bonchev–Trinajstić information content (AvgIpc) is 2.57. The van der Waals surface area contributed by atoms with Gasteiger partial charge in [0.25, 0.3) is 0 Å². The Labute approximate surface area is 145 Å². The monoisotopic (exact) mass is 376 g/mol. The molecule has 0 saturated carbocycles. The van der Waals surface area contributed by atoms with E-state index in [0.717, 1.165) is 0 Å². The fraction of sp³-hybridized carbons (Fsp3) is 0.300. The zero-order chi connectivity index (χ0) is 15.6. The third-order valence-corrected chi connectivity index (χ3v) is 7.23. The van der Waals surface area contributed by atoms with Crippen LogP contribution in [0.15, 0.2) is 64.5 Å². The average molecular weight is 375 g/mol. The van der Waals surface area contributed by atoms with Gasteiger partial charge in [-0.15, -0.1) is 0 Å². The maximum atomic E-state index is 2.30. The zero-order valence-electron chi connectivity index (χ0n) is 13.4. The minimum atomic E-state index is 0.555. The van der Waals surface area contributed by atoms with Crippen LogP contribution in [0.2, 0.25) is 5.32 Å². The number of rotatable bonds is 8. The van der Waals surface area contributed by atoms with Gasteiger partial charge in [0.2, 0.25) is 0 Å². The number of unbranched alkanes of at least 4 members (excludes halogenated alkanes) is 1. The molecule has 0 aliphatic carbocycles. The van der Waals surface area contributed by atoms with Gasteiger partial charge in [-0.1, -0.05) is 0 Å². The topological polar surface area (TPSA) is 0 Å². The molecule has 0 aromatic heterocycles. The molecule has 2 heteroatoms. The van der Waals surface area contributed by atoms with E-state index in [1.165, 1.54) is 40.6 Å². The van der Waals surface area contributed by atoms with Crippen LogP contribution in [0.25, 0.3) is 5.57 Å². The summed E-state index contributed by atoms with van der Waals surface area (Å²) in [6.45, 7) is 4.57. The molecule has 0 aliphatic heterocycles. The van der Waals surface area contributed by atoms with Crippen LogP contribution in [0.4, 0.5) is 0 Å². The van der Waals surface area contributed by atoms with Crippen molar-refractivity contribution in [3.05, 3.63) is 75.6 Å². The Morgan fingerprint density at radius 2 is 1.41 bits per heavy atom. The van der Waals surface area contributed by atoms with Crippen molar-refractivity contribution in [1.29, 1.82) is 0 Å². The van der Waals surface area contributed by atoms with Gasteiger partial charge < -0.3 is 0 Å². The summed E-state index contributed by atoms with van der Waals surface area (Å²) < 4.78 is 1.60. The molecule has 0 saturated heterocycles. The standard InChI is InChI=1S/C20H24SSe/c1-3-5-16-21-20(22-4-2)19(17-12-8-6-9-13-17)18-14-10-7-11-15-18/h6-15H,3-5,16H2,1-2H3. The van der Waals surface area contributed by atoms with Crippen molar-refractivity contribution in [3.63, 3.8) is 0 Å². The first-order valence-corrected chi connectivity index (χ1v) is 11.0. The van der Waals surface area contributed by atoms with Crippen LogP contribution >= 0.6 is 11.8 Å². The molecule has 0 radical (unpaired) electrons. The van der Waals surface area contributed by atoms with Gasteiger partial charge in [0.05, 0.1) is 0 Å². The quantitative estimate of drug-likeness (QED) is 0.398. The molecule has 2 rings (SSSR count). The summed E-state index contributed by atoms with van der Waals surface area (Å²) in [5, 5.41) is 1.25. The van der Waals surface area contributed by atoms with Crippen LogP contribution in [0.1, 0.15) is 37.8 Å². The first-order chi connectivity index (χ1) is 10.9. The van der Waals surface area contributed by atoms with E-state index in [1.54, 1.807) is 3.80 Å². The summed E-state index contributed by atoms with van der Waals surface area (Å²) in [7, 11) is 0. The molecular formula is C20H24SSe.